The number of nitrogens with zero attached hydrogens (tertiary/aromatic N) is 4. The van der Waals surface area contributed by atoms with Gasteiger partial charge in [0.1, 0.15) is 5.54 Å². The lowest BCUT2D eigenvalue weighted by Gasteiger charge is -2.36. The van der Waals surface area contributed by atoms with Crippen LogP contribution in [-0.2, 0) is 10.9 Å². The smallest absolute Gasteiger partial charge is 0.185 e. The number of alkyl halides is 1. The van der Waals surface area contributed by atoms with Crippen molar-refractivity contribution in [2.24, 2.45) is 0 Å². The van der Waals surface area contributed by atoms with Gasteiger partial charge in [0.15, 0.2) is 5.82 Å². The molecule has 0 aliphatic rings. The van der Waals surface area contributed by atoms with Crippen molar-refractivity contribution in [3.05, 3.63) is 148 Å². The monoisotopic (exact) mass is 562 g/mol. The zero-order valence-corrected chi connectivity index (χ0v) is 22.3. The molecule has 0 amide bonds. The van der Waals surface area contributed by atoms with Crippen molar-refractivity contribution in [3.63, 3.8) is 0 Å². The predicted molar refractivity (Wildman–Crippen MR) is 154 cm³/mol. The Morgan fingerprint density at radius 2 is 1.16 bits per heavy atom. The molecule has 0 radical (unpaired) electrons. The number of halogens is 1. The Morgan fingerprint density at radius 1 is 0.649 bits per heavy atom. The van der Waals surface area contributed by atoms with E-state index in [9.17, 15) is 0 Å². The first-order valence-electron chi connectivity index (χ1n) is 12.0. The Labute approximate surface area is 228 Å². The maximum absolute atomic E-state index is 4.69. The molecular weight excluding hydrogens is 540 g/mol. The average molecular weight is 564 g/mol. The summed E-state index contributed by atoms with van der Waals surface area (Å²) in [6.07, 6.45) is 0. The SMILES string of the molecule is BrCc1ccc(-c2cscc2-c2nnnn2C(c2ccccc2)(c2ccccc2)c2ccccc2)cc1. The van der Waals surface area contributed by atoms with Crippen molar-refractivity contribution in [1.29, 1.82) is 0 Å². The van der Waals surface area contributed by atoms with Gasteiger partial charge in [0, 0.05) is 21.8 Å². The Kier molecular flexibility index (Phi) is 6.51. The third-order valence-electron chi connectivity index (χ3n) is 6.68. The highest BCUT2D eigenvalue weighted by Crippen LogP contribution is 2.44. The number of hydrogen-bond donors (Lipinski definition) is 0. The van der Waals surface area contributed by atoms with Gasteiger partial charge in [-0.3, -0.25) is 0 Å². The molecule has 6 aromatic rings. The van der Waals surface area contributed by atoms with Crippen LogP contribution >= 0.6 is 27.3 Å². The highest BCUT2D eigenvalue weighted by atomic mass is 79.9. The van der Waals surface area contributed by atoms with Crippen molar-refractivity contribution in [2.45, 2.75) is 10.9 Å². The van der Waals surface area contributed by atoms with Crippen LogP contribution in [0.3, 0.4) is 0 Å². The molecule has 0 unspecified atom stereocenters. The topological polar surface area (TPSA) is 43.6 Å². The molecule has 0 aliphatic carbocycles. The molecular formula is C31H23BrN4S. The van der Waals surface area contributed by atoms with E-state index in [4.69, 9.17) is 0 Å². The first-order valence-corrected chi connectivity index (χ1v) is 14.1. The van der Waals surface area contributed by atoms with Gasteiger partial charge in [-0.1, -0.05) is 131 Å². The van der Waals surface area contributed by atoms with Crippen LogP contribution in [0.2, 0.25) is 0 Å². The second-order valence-electron chi connectivity index (χ2n) is 8.75. The normalized spacial score (nSPS) is 11.5. The van der Waals surface area contributed by atoms with Crippen LogP contribution in [-0.4, -0.2) is 20.2 Å². The lowest BCUT2D eigenvalue weighted by molar-refractivity contribution is 0.451. The fraction of sp³-hybridized carbons (Fsp3) is 0.0645. The number of tetrazole rings is 1. The Hall–Kier alpha value is -3.87. The first-order chi connectivity index (χ1) is 18.3. The van der Waals surface area contributed by atoms with Gasteiger partial charge in [0.05, 0.1) is 0 Å². The minimum Gasteiger partial charge on any atom is -0.205 e. The zero-order valence-electron chi connectivity index (χ0n) is 19.9. The third-order valence-corrected chi connectivity index (χ3v) is 8.08. The number of hydrogen-bond acceptors (Lipinski definition) is 4. The number of aromatic nitrogens is 4. The van der Waals surface area contributed by atoms with E-state index >= 15 is 0 Å². The highest BCUT2D eigenvalue weighted by molar-refractivity contribution is 9.08. The maximum atomic E-state index is 4.69. The second kappa shape index (κ2) is 10.2. The summed E-state index contributed by atoms with van der Waals surface area (Å²) < 4.78 is 1.99. The second-order valence-corrected chi connectivity index (χ2v) is 10.1. The number of rotatable bonds is 7. The lowest BCUT2D eigenvalue weighted by atomic mass is 9.77. The van der Waals surface area contributed by atoms with Gasteiger partial charge in [0.25, 0.3) is 0 Å². The molecule has 6 rings (SSSR count). The molecule has 0 aliphatic heterocycles. The molecule has 37 heavy (non-hydrogen) atoms. The van der Waals surface area contributed by atoms with Gasteiger partial charge >= 0.3 is 0 Å². The molecule has 6 heteroatoms. The average Bonchev–Trinajstić information content (AvgIpc) is 3.66. The van der Waals surface area contributed by atoms with E-state index in [2.05, 4.69) is 139 Å². The van der Waals surface area contributed by atoms with Crippen LogP contribution in [0, 0.1) is 0 Å². The van der Waals surface area contributed by atoms with E-state index in [1.165, 1.54) is 5.56 Å². The molecule has 2 heterocycles. The largest absolute Gasteiger partial charge is 0.205 e. The summed E-state index contributed by atoms with van der Waals surface area (Å²) in [7, 11) is 0. The number of thiophene rings is 1. The molecule has 2 aromatic heterocycles. The molecule has 4 nitrogen and oxygen atoms in total. The minimum atomic E-state index is -0.776. The number of benzene rings is 4. The van der Waals surface area contributed by atoms with Crippen molar-refractivity contribution < 1.29 is 0 Å². The predicted octanol–water partition coefficient (Wildman–Crippen LogP) is 7.80. The zero-order chi connectivity index (χ0) is 25.1. The van der Waals surface area contributed by atoms with Crippen LogP contribution < -0.4 is 0 Å². The highest BCUT2D eigenvalue weighted by Gasteiger charge is 2.42. The Morgan fingerprint density at radius 3 is 1.68 bits per heavy atom. The van der Waals surface area contributed by atoms with Gasteiger partial charge < -0.3 is 0 Å². The van der Waals surface area contributed by atoms with Crippen LogP contribution in [0.4, 0.5) is 0 Å². The summed E-state index contributed by atoms with van der Waals surface area (Å²) in [6, 6.07) is 40.1. The molecule has 0 atom stereocenters. The van der Waals surface area contributed by atoms with E-state index in [-0.39, 0.29) is 0 Å². The molecule has 0 saturated heterocycles. The Bertz CT molecular complexity index is 1500. The Balaban J connectivity index is 1.64. The molecule has 0 fully saturated rings. The van der Waals surface area contributed by atoms with Gasteiger partial charge in [-0.25, -0.2) is 4.68 Å². The minimum absolute atomic E-state index is 0.720. The first kappa shape index (κ1) is 23.5. The van der Waals surface area contributed by atoms with E-state index in [1.807, 2.05) is 22.9 Å². The molecule has 0 bridgehead atoms. The molecule has 0 spiro atoms. The van der Waals surface area contributed by atoms with Crippen molar-refractivity contribution in [3.8, 4) is 22.5 Å². The van der Waals surface area contributed by atoms with E-state index in [0.29, 0.717) is 0 Å². The quantitative estimate of drug-likeness (QED) is 0.147. The summed E-state index contributed by atoms with van der Waals surface area (Å²) in [5.74, 6) is 0.720. The van der Waals surface area contributed by atoms with Crippen LogP contribution in [0.1, 0.15) is 22.3 Å². The molecule has 0 N–H and O–H groups in total. The summed E-state index contributed by atoms with van der Waals surface area (Å²) in [6.45, 7) is 0. The fourth-order valence-electron chi connectivity index (χ4n) is 4.95. The third kappa shape index (κ3) is 4.12. The summed E-state index contributed by atoms with van der Waals surface area (Å²) in [4.78, 5) is 0. The van der Waals surface area contributed by atoms with E-state index < -0.39 is 5.54 Å². The van der Waals surface area contributed by atoms with Crippen LogP contribution in [0.15, 0.2) is 126 Å². The van der Waals surface area contributed by atoms with E-state index in [1.54, 1.807) is 11.3 Å². The van der Waals surface area contributed by atoms with Crippen LogP contribution in [0.5, 0.6) is 0 Å². The standard InChI is InChI=1S/C31H23BrN4S/c32-20-23-16-18-24(19-17-23)28-21-37-22-29(28)30-33-34-35-36(30)31(25-10-4-1-5-11-25,26-12-6-2-7-13-26)27-14-8-3-9-15-27/h1-19,21-22H,20H2. The summed E-state index contributed by atoms with van der Waals surface area (Å²) >= 11 is 5.20. The molecule has 0 saturated carbocycles. The summed E-state index contributed by atoms with van der Waals surface area (Å²) in [5, 5.41) is 18.7. The lowest BCUT2D eigenvalue weighted by Crippen LogP contribution is -2.39. The fourth-order valence-corrected chi connectivity index (χ4v) is 6.16. The van der Waals surface area contributed by atoms with Crippen molar-refractivity contribution in [1.82, 2.24) is 20.2 Å². The van der Waals surface area contributed by atoms with Gasteiger partial charge in [-0.15, -0.1) is 5.10 Å². The molecule has 180 valence electrons. The van der Waals surface area contributed by atoms with E-state index in [0.717, 1.165) is 44.5 Å². The summed E-state index contributed by atoms with van der Waals surface area (Å²) in [5.41, 5.74) is 6.97. The van der Waals surface area contributed by atoms with Gasteiger partial charge in [-0.2, -0.15) is 11.3 Å². The maximum Gasteiger partial charge on any atom is 0.185 e. The van der Waals surface area contributed by atoms with Gasteiger partial charge in [-0.05, 0) is 43.6 Å². The molecule has 4 aromatic carbocycles. The van der Waals surface area contributed by atoms with Crippen molar-refractivity contribution in [2.75, 3.05) is 0 Å². The van der Waals surface area contributed by atoms with Crippen LogP contribution in [0.25, 0.3) is 22.5 Å². The van der Waals surface area contributed by atoms with Gasteiger partial charge in [0.2, 0.25) is 0 Å². The van der Waals surface area contributed by atoms with Crippen molar-refractivity contribution >= 4 is 27.3 Å².